The van der Waals surface area contributed by atoms with Gasteiger partial charge >= 0.3 is 0 Å². The van der Waals surface area contributed by atoms with Crippen LogP contribution in [0.1, 0.15) is 39.0 Å². The molecule has 2 N–H and O–H groups in total. The molecule has 0 amide bonds. The van der Waals surface area contributed by atoms with Gasteiger partial charge in [0.1, 0.15) is 0 Å². The zero-order chi connectivity index (χ0) is 11.4. The molecule has 1 saturated heterocycles. The van der Waals surface area contributed by atoms with E-state index in [-0.39, 0.29) is 0 Å². The highest BCUT2D eigenvalue weighted by Crippen LogP contribution is 2.32. The molecule has 0 bridgehead atoms. The van der Waals surface area contributed by atoms with Gasteiger partial charge in [0, 0.05) is 19.7 Å². The van der Waals surface area contributed by atoms with E-state index < -0.39 is 0 Å². The molecule has 2 fully saturated rings. The van der Waals surface area contributed by atoms with Crippen LogP contribution in [0.5, 0.6) is 0 Å². The van der Waals surface area contributed by atoms with Gasteiger partial charge in [0.2, 0.25) is 0 Å². The maximum atomic E-state index is 5.31. The maximum absolute atomic E-state index is 5.31. The molecule has 3 heteroatoms. The Labute approximate surface area is 99.3 Å². The topological polar surface area (TPSA) is 33.3 Å². The molecule has 1 aliphatic heterocycles. The lowest BCUT2D eigenvalue weighted by atomic mass is 9.76. The largest absolute Gasteiger partial charge is 0.381 e. The Hall–Kier alpha value is -0.120. The van der Waals surface area contributed by atoms with Gasteiger partial charge in [0.25, 0.3) is 0 Å². The third-order valence-electron chi connectivity index (χ3n) is 4.61. The second-order valence-electron chi connectivity index (χ2n) is 5.51. The van der Waals surface area contributed by atoms with Crippen molar-refractivity contribution in [3.8, 4) is 0 Å². The molecule has 0 aromatic heterocycles. The van der Waals surface area contributed by atoms with Gasteiger partial charge in [0.05, 0.1) is 6.10 Å². The molecule has 1 heterocycles. The molecular weight excluding hydrogens is 200 g/mol. The van der Waals surface area contributed by atoms with Crippen molar-refractivity contribution in [3.63, 3.8) is 0 Å². The molecule has 0 aromatic carbocycles. The van der Waals surface area contributed by atoms with Crippen LogP contribution in [0.2, 0.25) is 0 Å². The number of hydrogen-bond acceptors (Lipinski definition) is 3. The van der Waals surface area contributed by atoms with Gasteiger partial charge in [-0.15, -0.1) is 0 Å². The van der Waals surface area contributed by atoms with Crippen molar-refractivity contribution >= 4 is 0 Å². The normalized spacial score (nSPS) is 33.4. The molecule has 1 saturated carbocycles. The Kier molecular flexibility index (Phi) is 4.22. The second-order valence-corrected chi connectivity index (χ2v) is 5.51. The van der Waals surface area contributed by atoms with E-state index in [1.807, 2.05) is 7.11 Å². The van der Waals surface area contributed by atoms with Gasteiger partial charge in [-0.25, -0.2) is 0 Å². The van der Waals surface area contributed by atoms with Gasteiger partial charge in [0.15, 0.2) is 0 Å². The minimum absolute atomic E-state index is 0.517. The van der Waals surface area contributed by atoms with Crippen molar-refractivity contribution in [1.82, 2.24) is 10.6 Å². The first kappa shape index (κ1) is 12.3. The molecule has 2 rings (SSSR count). The summed E-state index contributed by atoms with van der Waals surface area (Å²) >= 11 is 0. The number of hydrogen-bond donors (Lipinski definition) is 2. The predicted molar refractivity (Wildman–Crippen MR) is 66.6 cm³/mol. The van der Waals surface area contributed by atoms with Gasteiger partial charge in [-0.3, -0.25) is 0 Å². The Morgan fingerprint density at radius 3 is 2.56 bits per heavy atom. The highest BCUT2D eigenvalue weighted by atomic mass is 16.5. The van der Waals surface area contributed by atoms with E-state index in [0.29, 0.717) is 17.6 Å². The minimum Gasteiger partial charge on any atom is -0.381 e. The van der Waals surface area contributed by atoms with Crippen LogP contribution >= 0.6 is 0 Å². The van der Waals surface area contributed by atoms with E-state index in [1.165, 1.54) is 51.7 Å². The van der Waals surface area contributed by atoms with E-state index in [4.69, 9.17) is 4.74 Å². The van der Waals surface area contributed by atoms with Gasteiger partial charge in [-0.2, -0.15) is 0 Å². The van der Waals surface area contributed by atoms with Gasteiger partial charge in [-0.1, -0.05) is 6.92 Å². The summed E-state index contributed by atoms with van der Waals surface area (Å²) in [5, 5.41) is 7.19. The Bertz CT molecular complexity index is 208. The lowest BCUT2D eigenvalue weighted by molar-refractivity contribution is 0.0125. The minimum atomic E-state index is 0.517. The summed E-state index contributed by atoms with van der Waals surface area (Å²) in [5.74, 6) is 0. The average molecular weight is 226 g/mol. The summed E-state index contributed by atoms with van der Waals surface area (Å²) in [6, 6.07) is 0.711. The predicted octanol–water partition coefficient (Wildman–Crippen LogP) is 1.53. The molecular formula is C13H26N2O. The fraction of sp³-hybridized carbons (Fsp3) is 1.00. The van der Waals surface area contributed by atoms with Crippen LogP contribution in [0.3, 0.4) is 0 Å². The molecule has 94 valence electrons. The molecule has 3 nitrogen and oxygen atoms in total. The van der Waals surface area contributed by atoms with E-state index in [1.54, 1.807) is 0 Å². The number of ether oxygens (including phenoxy) is 1. The average Bonchev–Trinajstić information content (AvgIpc) is 2.29. The van der Waals surface area contributed by atoms with E-state index in [9.17, 15) is 0 Å². The molecule has 0 spiro atoms. The maximum Gasteiger partial charge on any atom is 0.0601 e. The molecule has 16 heavy (non-hydrogen) atoms. The van der Waals surface area contributed by atoms with Crippen LogP contribution < -0.4 is 10.6 Å². The van der Waals surface area contributed by atoms with Crippen molar-refractivity contribution in [2.75, 3.05) is 26.7 Å². The van der Waals surface area contributed by atoms with Crippen molar-refractivity contribution in [1.29, 1.82) is 0 Å². The van der Waals surface area contributed by atoms with E-state index in [0.717, 1.165) is 0 Å². The standard InChI is InChI=1S/C13H26N2O/c1-3-13(4-6-14-7-5-13)10-15-11-8-12(9-11)16-2/h11-12,14-15H,3-10H2,1-2H3. The summed E-state index contributed by atoms with van der Waals surface area (Å²) in [4.78, 5) is 0. The lowest BCUT2D eigenvalue weighted by Crippen LogP contribution is -2.50. The SMILES string of the molecule is CCC1(CNC2CC(OC)C2)CCNCC1. The highest BCUT2D eigenvalue weighted by molar-refractivity contribution is 4.91. The monoisotopic (exact) mass is 226 g/mol. The fourth-order valence-corrected chi connectivity index (χ4v) is 2.90. The third-order valence-corrected chi connectivity index (χ3v) is 4.61. The summed E-state index contributed by atoms with van der Waals surface area (Å²) in [6.07, 6.45) is 6.89. The lowest BCUT2D eigenvalue weighted by Gasteiger charge is -2.41. The smallest absolute Gasteiger partial charge is 0.0601 e. The number of nitrogens with one attached hydrogen (secondary N) is 2. The number of methoxy groups -OCH3 is 1. The van der Waals surface area contributed by atoms with Crippen LogP contribution in [0.4, 0.5) is 0 Å². The van der Waals surface area contributed by atoms with Crippen LogP contribution in [-0.4, -0.2) is 38.9 Å². The van der Waals surface area contributed by atoms with E-state index >= 15 is 0 Å². The highest BCUT2D eigenvalue weighted by Gasteiger charge is 2.34. The van der Waals surface area contributed by atoms with Crippen LogP contribution in [0.15, 0.2) is 0 Å². The first-order valence-corrected chi connectivity index (χ1v) is 6.75. The Morgan fingerprint density at radius 2 is 2.00 bits per heavy atom. The van der Waals surface area contributed by atoms with Gasteiger partial charge in [-0.05, 0) is 50.6 Å². The van der Waals surface area contributed by atoms with Crippen LogP contribution in [-0.2, 0) is 4.74 Å². The third kappa shape index (κ3) is 2.76. The molecule has 0 unspecified atom stereocenters. The molecule has 0 aromatic rings. The van der Waals surface area contributed by atoms with Crippen molar-refractivity contribution in [3.05, 3.63) is 0 Å². The Morgan fingerprint density at radius 1 is 1.31 bits per heavy atom. The molecule has 0 atom stereocenters. The number of piperidine rings is 1. The molecule has 0 radical (unpaired) electrons. The summed E-state index contributed by atoms with van der Waals surface area (Å²) < 4.78 is 5.31. The molecule has 2 aliphatic rings. The zero-order valence-electron chi connectivity index (χ0n) is 10.7. The first-order valence-electron chi connectivity index (χ1n) is 6.75. The van der Waals surface area contributed by atoms with Crippen LogP contribution in [0.25, 0.3) is 0 Å². The molecule has 1 aliphatic carbocycles. The van der Waals surface area contributed by atoms with E-state index in [2.05, 4.69) is 17.6 Å². The quantitative estimate of drug-likeness (QED) is 0.746. The fourth-order valence-electron chi connectivity index (χ4n) is 2.90. The zero-order valence-corrected chi connectivity index (χ0v) is 10.7. The first-order chi connectivity index (χ1) is 7.78. The van der Waals surface area contributed by atoms with Crippen molar-refractivity contribution in [2.24, 2.45) is 5.41 Å². The number of rotatable bonds is 5. The summed E-state index contributed by atoms with van der Waals surface area (Å²) in [7, 11) is 1.82. The van der Waals surface area contributed by atoms with Crippen molar-refractivity contribution in [2.45, 2.75) is 51.2 Å². The summed E-state index contributed by atoms with van der Waals surface area (Å²) in [6.45, 7) is 5.93. The Balaban J connectivity index is 1.71. The van der Waals surface area contributed by atoms with Gasteiger partial charge < -0.3 is 15.4 Å². The summed E-state index contributed by atoms with van der Waals surface area (Å²) in [5.41, 5.74) is 0.559. The second kappa shape index (κ2) is 5.48. The van der Waals surface area contributed by atoms with Crippen LogP contribution in [0, 0.1) is 5.41 Å². The van der Waals surface area contributed by atoms with Crippen molar-refractivity contribution < 1.29 is 4.74 Å².